The molecule has 1 aliphatic rings. The molecule has 17 heavy (non-hydrogen) atoms. The van der Waals surface area contributed by atoms with Crippen LogP contribution >= 0.6 is 0 Å². The monoisotopic (exact) mass is 232 g/mol. The van der Waals surface area contributed by atoms with Crippen LogP contribution in [0.4, 0.5) is 5.69 Å². The molecule has 0 heterocycles. The van der Waals surface area contributed by atoms with E-state index in [1.165, 1.54) is 24.1 Å². The van der Waals surface area contributed by atoms with Gasteiger partial charge in [0.05, 0.1) is 0 Å². The van der Waals surface area contributed by atoms with E-state index < -0.39 is 0 Å². The summed E-state index contributed by atoms with van der Waals surface area (Å²) < 4.78 is 0. The van der Waals surface area contributed by atoms with Crippen LogP contribution in [-0.2, 0) is 5.41 Å². The van der Waals surface area contributed by atoms with Crippen molar-refractivity contribution in [3.8, 4) is 0 Å². The van der Waals surface area contributed by atoms with Crippen LogP contribution < -0.4 is 11.1 Å². The Hall–Kier alpha value is -1.02. The molecule has 2 heteroatoms. The van der Waals surface area contributed by atoms with E-state index >= 15 is 0 Å². The Morgan fingerprint density at radius 2 is 1.88 bits per heavy atom. The van der Waals surface area contributed by atoms with Gasteiger partial charge in [-0.25, -0.2) is 0 Å². The minimum atomic E-state index is 0.184. The number of anilines is 1. The van der Waals surface area contributed by atoms with E-state index in [4.69, 9.17) is 5.73 Å². The Balaban J connectivity index is 2.10. The van der Waals surface area contributed by atoms with Gasteiger partial charge in [0.2, 0.25) is 0 Å². The maximum Gasteiger partial charge on any atom is 0.0378 e. The molecule has 0 saturated heterocycles. The van der Waals surface area contributed by atoms with Crippen molar-refractivity contribution in [3.05, 3.63) is 29.8 Å². The Morgan fingerprint density at radius 1 is 1.24 bits per heavy atom. The number of hydrogen-bond donors (Lipinski definition) is 2. The predicted octanol–water partition coefficient (Wildman–Crippen LogP) is 3.13. The standard InChI is InChI=1S/C15H24N2/c1-14(2,3)12-6-4-5-7-13(12)17-11-15(10-16)8-9-15/h4-7,17H,8-11,16H2,1-3H3. The first-order valence-electron chi connectivity index (χ1n) is 6.50. The van der Waals surface area contributed by atoms with Crippen molar-refractivity contribution in [2.24, 2.45) is 11.1 Å². The minimum Gasteiger partial charge on any atom is -0.384 e. The summed E-state index contributed by atoms with van der Waals surface area (Å²) in [6.45, 7) is 8.57. The number of para-hydroxylation sites is 1. The summed E-state index contributed by atoms with van der Waals surface area (Å²) in [5.74, 6) is 0. The summed E-state index contributed by atoms with van der Waals surface area (Å²) in [5, 5.41) is 3.59. The maximum atomic E-state index is 5.82. The first kappa shape index (κ1) is 12.4. The second kappa shape index (κ2) is 4.34. The van der Waals surface area contributed by atoms with E-state index in [1.54, 1.807) is 0 Å². The zero-order valence-electron chi connectivity index (χ0n) is 11.2. The van der Waals surface area contributed by atoms with Gasteiger partial charge < -0.3 is 11.1 Å². The number of nitrogens with one attached hydrogen (secondary N) is 1. The van der Waals surface area contributed by atoms with Crippen LogP contribution in [0.5, 0.6) is 0 Å². The highest BCUT2D eigenvalue weighted by atomic mass is 14.9. The lowest BCUT2D eigenvalue weighted by atomic mass is 9.85. The molecule has 3 N–H and O–H groups in total. The quantitative estimate of drug-likeness (QED) is 0.837. The molecule has 0 unspecified atom stereocenters. The van der Waals surface area contributed by atoms with Gasteiger partial charge in [-0.3, -0.25) is 0 Å². The van der Waals surface area contributed by atoms with Gasteiger partial charge in [-0.1, -0.05) is 39.0 Å². The van der Waals surface area contributed by atoms with E-state index in [0.29, 0.717) is 5.41 Å². The lowest BCUT2D eigenvalue weighted by Crippen LogP contribution is -2.25. The molecule has 0 amide bonds. The van der Waals surface area contributed by atoms with Gasteiger partial charge in [0.15, 0.2) is 0 Å². The molecule has 1 aromatic rings. The van der Waals surface area contributed by atoms with E-state index in [0.717, 1.165) is 13.1 Å². The van der Waals surface area contributed by atoms with Gasteiger partial charge in [-0.15, -0.1) is 0 Å². The molecule has 1 aliphatic carbocycles. The van der Waals surface area contributed by atoms with Gasteiger partial charge in [0, 0.05) is 12.2 Å². The summed E-state index contributed by atoms with van der Waals surface area (Å²) in [7, 11) is 0. The highest BCUT2D eigenvalue weighted by Gasteiger charge is 2.40. The Morgan fingerprint density at radius 3 is 2.41 bits per heavy atom. The normalized spacial score (nSPS) is 17.9. The second-order valence-corrected chi connectivity index (χ2v) is 6.35. The van der Waals surface area contributed by atoms with Crippen LogP contribution in [0, 0.1) is 5.41 Å². The van der Waals surface area contributed by atoms with Gasteiger partial charge in [-0.2, -0.15) is 0 Å². The summed E-state index contributed by atoms with van der Waals surface area (Å²) in [6.07, 6.45) is 2.54. The molecule has 2 rings (SSSR count). The van der Waals surface area contributed by atoms with Crippen molar-refractivity contribution >= 4 is 5.69 Å². The molecule has 1 saturated carbocycles. The zero-order valence-corrected chi connectivity index (χ0v) is 11.2. The van der Waals surface area contributed by atoms with Crippen molar-refractivity contribution < 1.29 is 0 Å². The van der Waals surface area contributed by atoms with Crippen LogP contribution in [0.2, 0.25) is 0 Å². The third-order valence-electron chi connectivity index (χ3n) is 3.78. The number of benzene rings is 1. The maximum absolute atomic E-state index is 5.82. The highest BCUT2D eigenvalue weighted by Crippen LogP contribution is 2.44. The summed E-state index contributed by atoms with van der Waals surface area (Å²) in [5.41, 5.74) is 9.03. The van der Waals surface area contributed by atoms with Gasteiger partial charge >= 0.3 is 0 Å². The minimum absolute atomic E-state index is 0.184. The third-order valence-corrected chi connectivity index (χ3v) is 3.78. The third kappa shape index (κ3) is 2.81. The SMILES string of the molecule is CC(C)(C)c1ccccc1NCC1(CN)CC1. The van der Waals surface area contributed by atoms with Crippen molar-refractivity contribution in [2.45, 2.75) is 39.0 Å². The predicted molar refractivity (Wildman–Crippen MR) is 74.4 cm³/mol. The smallest absolute Gasteiger partial charge is 0.0378 e. The lowest BCUT2D eigenvalue weighted by molar-refractivity contribution is 0.551. The highest BCUT2D eigenvalue weighted by molar-refractivity contribution is 5.54. The molecule has 1 fully saturated rings. The van der Waals surface area contributed by atoms with Crippen molar-refractivity contribution in [3.63, 3.8) is 0 Å². The molecule has 0 atom stereocenters. The van der Waals surface area contributed by atoms with Gasteiger partial charge in [-0.05, 0) is 41.8 Å². The molecule has 2 nitrogen and oxygen atoms in total. The van der Waals surface area contributed by atoms with Crippen LogP contribution in [0.25, 0.3) is 0 Å². The van der Waals surface area contributed by atoms with Crippen molar-refractivity contribution in [2.75, 3.05) is 18.4 Å². The van der Waals surface area contributed by atoms with Gasteiger partial charge in [0.1, 0.15) is 0 Å². The molecule has 0 aliphatic heterocycles. The Kier molecular flexibility index (Phi) is 3.17. The second-order valence-electron chi connectivity index (χ2n) is 6.35. The Bertz CT molecular complexity index is 386. The molecule has 0 aromatic heterocycles. The number of hydrogen-bond acceptors (Lipinski definition) is 2. The van der Waals surface area contributed by atoms with Crippen molar-refractivity contribution in [1.29, 1.82) is 0 Å². The van der Waals surface area contributed by atoms with Crippen LogP contribution in [-0.4, -0.2) is 13.1 Å². The van der Waals surface area contributed by atoms with Crippen LogP contribution in [0.3, 0.4) is 0 Å². The average Bonchev–Trinajstić information content (AvgIpc) is 3.06. The number of nitrogens with two attached hydrogens (primary N) is 1. The molecule has 1 aromatic carbocycles. The first-order chi connectivity index (χ1) is 7.97. The van der Waals surface area contributed by atoms with Gasteiger partial charge in [0.25, 0.3) is 0 Å². The number of rotatable bonds is 4. The fourth-order valence-electron chi connectivity index (χ4n) is 2.20. The van der Waals surface area contributed by atoms with E-state index in [-0.39, 0.29) is 5.41 Å². The fraction of sp³-hybridized carbons (Fsp3) is 0.600. The Labute approximate surface area is 105 Å². The van der Waals surface area contributed by atoms with E-state index in [2.05, 4.69) is 50.4 Å². The van der Waals surface area contributed by atoms with Crippen LogP contribution in [0.1, 0.15) is 39.2 Å². The molecule has 94 valence electrons. The summed E-state index contributed by atoms with van der Waals surface area (Å²) in [6, 6.07) is 8.60. The molecule has 0 radical (unpaired) electrons. The van der Waals surface area contributed by atoms with E-state index in [1.807, 2.05) is 0 Å². The largest absolute Gasteiger partial charge is 0.384 e. The average molecular weight is 232 g/mol. The molecular formula is C15H24N2. The van der Waals surface area contributed by atoms with Crippen molar-refractivity contribution in [1.82, 2.24) is 0 Å². The summed E-state index contributed by atoms with van der Waals surface area (Å²) >= 11 is 0. The summed E-state index contributed by atoms with van der Waals surface area (Å²) in [4.78, 5) is 0. The fourth-order valence-corrected chi connectivity index (χ4v) is 2.20. The topological polar surface area (TPSA) is 38.0 Å². The van der Waals surface area contributed by atoms with Crippen LogP contribution in [0.15, 0.2) is 24.3 Å². The first-order valence-corrected chi connectivity index (χ1v) is 6.50. The molecule has 0 bridgehead atoms. The molecule has 0 spiro atoms. The zero-order chi connectivity index (χ0) is 12.5. The van der Waals surface area contributed by atoms with E-state index in [9.17, 15) is 0 Å². The molecular weight excluding hydrogens is 208 g/mol. The lowest BCUT2D eigenvalue weighted by Gasteiger charge is -2.24.